The molecule has 0 saturated heterocycles. The number of hydrogen-bond donors (Lipinski definition) is 2. The van der Waals surface area contributed by atoms with Gasteiger partial charge in [-0.25, -0.2) is 0 Å². The molecule has 1 rings (SSSR count). The second kappa shape index (κ2) is 5.50. The van der Waals surface area contributed by atoms with Crippen LogP contribution in [0.5, 0.6) is 0 Å². The quantitative estimate of drug-likeness (QED) is 0.630. The molecule has 0 heterocycles. The van der Waals surface area contributed by atoms with E-state index in [-0.39, 0.29) is 11.3 Å². The smallest absolute Gasteiger partial charge is 0.225 e. The maximum atomic E-state index is 11.7. The predicted molar refractivity (Wildman–Crippen MR) is 62.7 cm³/mol. The van der Waals surface area contributed by atoms with Crippen molar-refractivity contribution in [2.24, 2.45) is 5.41 Å². The molecule has 0 radical (unpaired) electrons. The van der Waals surface area contributed by atoms with E-state index in [4.69, 9.17) is 0 Å². The summed E-state index contributed by atoms with van der Waals surface area (Å²) in [5.74, 6) is 0.177. The highest BCUT2D eigenvalue weighted by atomic mass is 16.2. The van der Waals surface area contributed by atoms with Gasteiger partial charge in [-0.05, 0) is 32.2 Å². The molecule has 3 heteroatoms. The second-order valence-electron chi connectivity index (χ2n) is 5.08. The molecule has 0 aromatic rings. The van der Waals surface area contributed by atoms with Gasteiger partial charge in [0.1, 0.15) is 0 Å². The lowest BCUT2D eigenvalue weighted by molar-refractivity contribution is -0.129. The van der Waals surface area contributed by atoms with E-state index >= 15 is 0 Å². The Hall–Kier alpha value is -0.570. The van der Waals surface area contributed by atoms with E-state index in [1.165, 1.54) is 12.8 Å². The average molecular weight is 212 g/mol. The summed E-state index contributed by atoms with van der Waals surface area (Å²) < 4.78 is 0. The summed E-state index contributed by atoms with van der Waals surface area (Å²) in [5.41, 5.74) is -0.218. The highest BCUT2D eigenvalue weighted by molar-refractivity contribution is 5.81. The molecule has 0 aromatic carbocycles. The molecule has 0 aromatic heterocycles. The molecule has 0 spiro atoms. The van der Waals surface area contributed by atoms with Crippen LogP contribution < -0.4 is 10.6 Å². The second-order valence-corrected chi connectivity index (χ2v) is 5.08. The lowest BCUT2D eigenvalue weighted by Gasteiger charge is -2.21. The van der Waals surface area contributed by atoms with Gasteiger partial charge in [0.25, 0.3) is 0 Å². The monoisotopic (exact) mass is 212 g/mol. The Bertz CT molecular complexity index is 210. The zero-order valence-corrected chi connectivity index (χ0v) is 10.2. The highest BCUT2D eigenvalue weighted by Crippen LogP contribution is 2.19. The number of nitrogens with one attached hydrogen (secondary N) is 2. The minimum Gasteiger partial charge on any atom is -0.356 e. The van der Waals surface area contributed by atoms with Crippen molar-refractivity contribution in [1.29, 1.82) is 0 Å². The van der Waals surface area contributed by atoms with Gasteiger partial charge in [-0.2, -0.15) is 0 Å². The molecule has 3 nitrogen and oxygen atoms in total. The Morgan fingerprint density at radius 2 is 2.00 bits per heavy atom. The minimum atomic E-state index is -0.218. The van der Waals surface area contributed by atoms with E-state index in [1.54, 1.807) is 0 Å². The van der Waals surface area contributed by atoms with Crippen molar-refractivity contribution in [2.45, 2.75) is 52.5 Å². The van der Waals surface area contributed by atoms with Crippen LogP contribution in [-0.4, -0.2) is 25.0 Å². The Kier molecular flexibility index (Phi) is 4.58. The van der Waals surface area contributed by atoms with Gasteiger partial charge in [0.15, 0.2) is 0 Å². The van der Waals surface area contributed by atoms with Gasteiger partial charge < -0.3 is 10.6 Å². The molecule has 1 fully saturated rings. The molecule has 2 N–H and O–H groups in total. The van der Waals surface area contributed by atoms with E-state index < -0.39 is 0 Å². The molecular formula is C12H24N2O. The fraction of sp³-hybridized carbons (Fsp3) is 0.917. The fourth-order valence-electron chi connectivity index (χ4n) is 1.28. The summed E-state index contributed by atoms with van der Waals surface area (Å²) in [6.45, 7) is 7.85. The van der Waals surface area contributed by atoms with Gasteiger partial charge in [0, 0.05) is 18.0 Å². The number of carbonyl (C=O) groups is 1. The number of hydrogen-bond acceptors (Lipinski definition) is 2. The Balaban J connectivity index is 2.00. The number of rotatable bonds is 7. The van der Waals surface area contributed by atoms with E-state index in [0.29, 0.717) is 0 Å². The normalized spacial score (nSPS) is 16.5. The Morgan fingerprint density at radius 3 is 2.53 bits per heavy atom. The maximum Gasteiger partial charge on any atom is 0.225 e. The Morgan fingerprint density at radius 1 is 1.33 bits per heavy atom. The molecule has 0 aliphatic heterocycles. The van der Waals surface area contributed by atoms with Gasteiger partial charge in [-0.1, -0.05) is 20.8 Å². The van der Waals surface area contributed by atoms with Crippen LogP contribution in [0.3, 0.4) is 0 Å². The van der Waals surface area contributed by atoms with E-state index in [2.05, 4.69) is 10.6 Å². The third kappa shape index (κ3) is 4.65. The van der Waals surface area contributed by atoms with Gasteiger partial charge in [-0.15, -0.1) is 0 Å². The minimum absolute atomic E-state index is 0.177. The van der Waals surface area contributed by atoms with Gasteiger partial charge >= 0.3 is 0 Å². The molecule has 0 atom stereocenters. The molecule has 0 unspecified atom stereocenters. The molecule has 88 valence electrons. The van der Waals surface area contributed by atoms with E-state index in [9.17, 15) is 4.79 Å². The zero-order valence-electron chi connectivity index (χ0n) is 10.2. The molecular weight excluding hydrogens is 188 g/mol. The first-order valence-corrected chi connectivity index (χ1v) is 6.08. The lowest BCUT2D eigenvalue weighted by atomic mass is 9.89. The average Bonchev–Trinajstić information content (AvgIpc) is 3.00. The third-order valence-electron chi connectivity index (χ3n) is 3.15. The maximum absolute atomic E-state index is 11.7. The first-order chi connectivity index (χ1) is 7.06. The van der Waals surface area contributed by atoms with Crippen molar-refractivity contribution in [2.75, 3.05) is 13.1 Å². The number of amides is 1. The standard InChI is InChI=1S/C12H24N2O/c1-4-12(2,3)11(15)14-9-5-8-13-10-6-7-10/h10,13H,4-9H2,1-3H3,(H,14,15). The van der Waals surface area contributed by atoms with Crippen LogP contribution in [0.15, 0.2) is 0 Å². The first-order valence-electron chi connectivity index (χ1n) is 6.08. The van der Waals surface area contributed by atoms with E-state index in [0.717, 1.165) is 32.0 Å². The van der Waals surface area contributed by atoms with Crippen molar-refractivity contribution in [1.82, 2.24) is 10.6 Å². The van der Waals surface area contributed by atoms with Crippen molar-refractivity contribution >= 4 is 5.91 Å². The van der Waals surface area contributed by atoms with Crippen LogP contribution >= 0.6 is 0 Å². The van der Waals surface area contributed by atoms with Crippen molar-refractivity contribution in [3.8, 4) is 0 Å². The van der Waals surface area contributed by atoms with Crippen LogP contribution in [0, 0.1) is 5.41 Å². The van der Waals surface area contributed by atoms with E-state index in [1.807, 2.05) is 20.8 Å². The van der Waals surface area contributed by atoms with Crippen LogP contribution in [0.1, 0.15) is 46.5 Å². The highest BCUT2D eigenvalue weighted by Gasteiger charge is 2.24. The SMILES string of the molecule is CCC(C)(C)C(=O)NCCCNC1CC1. The summed E-state index contributed by atoms with van der Waals surface area (Å²) in [6, 6.07) is 0.771. The van der Waals surface area contributed by atoms with Crippen LogP contribution in [0.2, 0.25) is 0 Å². The summed E-state index contributed by atoms with van der Waals surface area (Å²) >= 11 is 0. The predicted octanol–water partition coefficient (Wildman–Crippen LogP) is 1.68. The van der Waals surface area contributed by atoms with Crippen LogP contribution in [0.4, 0.5) is 0 Å². The van der Waals surface area contributed by atoms with Gasteiger partial charge in [-0.3, -0.25) is 4.79 Å². The molecule has 15 heavy (non-hydrogen) atoms. The van der Waals surface area contributed by atoms with Gasteiger partial charge in [0.05, 0.1) is 0 Å². The van der Waals surface area contributed by atoms with Crippen LogP contribution in [0.25, 0.3) is 0 Å². The summed E-state index contributed by atoms with van der Waals surface area (Å²) in [7, 11) is 0. The Labute approximate surface area is 93.0 Å². The third-order valence-corrected chi connectivity index (χ3v) is 3.15. The van der Waals surface area contributed by atoms with Crippen molar-refractivity contribution in [3.63, 3.8) is 0 Å². The van der Waals surface area contributed by atoms with Crippen LogP contribution in [-0.2, 0) is 4.79 Å². The molecule has 1 aliphatic rings. The fourth-order valence-corrected chi connectivity index (χ4v) is 1.28. The number of carbonyl (C=O) groups excluding carboxylic acids is 1. The first kappa shape index (κ1) is 12.5. The largest absolute Gasteiger partial charge is 0.356 e. The molecule has 0 bridgehead atoms. The summed E-state index contributed by atoms with van der Waals surface area (Å²) in [6.07, 6.45) is 4.58. The summed E-state index contributed by atoms with van der Waals surface area (Å²) in [5, 5.41) is 6.42. The molecule has 1 amide bonds. The van der Waals surface area contributed by atoms with Gasteiger partial charge in [0.2, 0.25) is 5.91 Å². The zero-order chi connectivity index (χ0) is 11.3. The summed E-state index contributed by atoms with van der Waals surface area (Å²) in [4.78, 5) is 11.7. The lowest BCUT2D eigenvalue weighted by Crippen LogP contribution is -2.37. The van der Waals surface area contributed by atoms with Crippen molar-refractivity contribution < 1.29 is 4.79 Å². The molecule has 1 aliphatic carbocycles. The molecule has 1 saturated carbocycles. The topological polar surface area (TPSA) is 41.1 Å². The van der Waals surface area contributed by atoms with Crippen molar-refractivity contribution in [3.05, 3.63) is 0 Å².